The first-order chi connectivity index (χ1) is 8.63. The zero-order valence-corrected chi connectivity index (χ0v) is 12.8. The van der Waals surface area contributed by atoms with Gasteiger partial charge in [0.15, 0.2) is 0 Å². The van der Waals surface area contributed by atoms with Gasteiger partial charge in [0.2, 0.25) is 0 Å². The molecule has 1 N–H and O–H groups in total. The third-order valence-corrected chi connectivity index (χ3v) is 3.90. The van der Waals surface area contributed by atoms with Crippen LogP contribution >= 0.6 is 27.3 Å². The van der Waals surface area contributed by atoms with Gasteiger partial charge in [0.05, 0.1) is 9.89 Å². The highest BCUT2D eigenvalue weighted by Gasteiger charge is 1.99. The number of ether oxygens (including phenoxy) is 1. The quantitative estimate of drug-likeness (QED) is 0.843. The third kappa shape index (κ3) is 4.03. The van der Waals surface area contributed by atoms with Crippen LogP contribution in [0, 0.1) is 0 Å². The predicted molar refractivity (Wildman–Crippen MR) is 81.6 cm³/mol. The van der Waals surface area contributed by atoms with E-state index in [0.29, 0.717) is 0 Å². The fraction of sp³-hybridized carbons (Fsp3) is 0.286. The molecule has 0 saturated heterocycles. The topological polar surface area (TPSA) is 21.3 Å². The van der Waals surface area contributed by atoms with Crippen LogP contribution in [0.4, 0.5) is 5.69 Å². The van der Waals surface area contributed by atoms with Crippen molar-refractivity contribution in [3.8, 4) is 5.75 Å². The first-order valence-electron chi connectivity index (χ1n) is 5.87. The molecule has 2 aromatic rings. The summed E-state index contributed by atoms with van der Waals surface area (Å²) in [4.78, 5) is 0. The van der Waals surface area contributed by atoms with Crippen molar-refractivity contribution in [1.29, 1.82) is 0 Å². The Balaban J connectivity index is 1.90. The maximum absolute atomic E-state index is 5.60. The molecule has 0 aliphatic rings. The van der Waals surface area contributed by atoms with Gasteiger partial charge in [-0.1, -0.05) is 0 Å². The van der Waals surface area contributed by atoms with Crippen LogP contribution in [0.1, 0.15) is 19.4 Å². The zero-order valence-electron chi connectivity index (χ0n) is 10.4. The molecule has 0 fully saturated rings. The maximum Gasteiger partial charge on any atom is 0.119 e. The number of halogens is 1. The van der Waals surface area contributed by atoms with Crippen molar-refractivity contribution in [2.75, 3.05) is 5.32 Å². The Labute approximate surface area is 120 Å². The Kier molecular flexibility index (Phi) is 4.66. The molecule has 0 amide bonds. The highest BCUT2D eigenvalue weighted by Crippen LogP contribution is 2.22. The summed E-state index contributed by atoms with van der Waals surface area (Å²) < 4.78 is 6.77. The lowest BCUT2D eigenvalue weighted by Crippen LogP contribution is -2.05. The van der Waals surface area contributed by atoms with Gasteiger partial charge in [-0.3, -0.25) is 0 Å². The van der Waals surface area contributed by atoms with Gasteiger partial charge in [0, 0.05) is 12.2 Å². The van der Waals surface area contributed by atoms with Crippen molar-refractivity contribution in [1.82, 2.24) is 0 Å². The molecule has 2 rings (SSSR count). The SMILES string of the molecule is CC(C)Oc1ccc(NCc2csc(Br)c2)cc1. The fourth-order valence-corrected chi connectivity index (χ4v) is 2.78. The van der Waals surface area contributed by atoms with Gasteiger partial charge in [0.25, 0.3) is 0 Å². The molecule has 0 spiro atoms. The van der Waals surface area contributed by atoms with Gasteiger partial charge in [-0.15, -0.1) is 11.3 Å². The Bertz CT molecular complexity index is 493. The first-order valence-corrected chi connectivity index (χ1v) is 7.54. The Hall–Kier alpha value is -1.00. The Morgan fingerprint density at radius 1 is 1.28 bits per heavy atom. The normalized spacial score (nSPS) is 10.7. The molecule has 96 valence electrons. The molecule has 0 aliphatic carbocycles. The number of thiophene rings is 1. The summed E-state index contributed by atoms with van der Waals surface area (Å²) in [5.41, 5.74) is 2.39. The molecule has 0 unspecified atom stereocenters. The highest BCUT2D eigenvalue weighted by molar-refractivity contribution is 9.11. The lowest BCUT2D eigenvalue weighted by Gasteiger charge is -2.10. The van der Waals surface area contributed by atoms with Crippen LogP contribution in [-0.2, 0) is 6.54 Å². The smallest absolute Gasteiger partial charge is 0.119 e. The minimum Gasteiger partial charge on any atom is -0.491 e. The van der Waals surface area contributed by atoms with E-state index in [1.807, 2.05) is 38.1 Å². The van der Waals surface area contributed by atoms with Crippen LogP contribution in [0.25, 0.3) is 0 Å². The van der Waals surface area contributed by atoms with Gasteiger partial charge in [-0.25, -0.2) is 0 Å². The Morgan fingerprint density at radius 2 is 2.00 bits per heavy atom. The molecular weight excluding hydrogens is 310 g/mol. The molecule has 18 heavy (non-hydrogen) atoms. The predicted octanol–water partition coefficient (Wildman–Crippen LogP) is 4.91. The standard InChI is InChI=1S/C14H16BrNOS/c1-10(2)17-13-5-3-12(4-6-13)16-8-11-7-14(15)18-9-11/h3-7,9-10,16H,8H2,1-2H3. The zero-order chi connectivity index (χ0) is 13.0. The molecule has 0 saturated carbocycles. The van der Waals surface area contributed by atoms with E-state index in [2.05, 4.69) is 32.7 Å². The van der Waals surface area contributed by atoms with E-state index in [0.717, 1.165) is 18.0 Å². The van der Waals surface area contributed by atoms with E-state index in [4.69, 9.17) is 4.74 Å². The lowest BCUT2D eigenvalue weighted by molar-refractivity contribution is 0.242. The van der Waals surface area contributed by atoms with Crippen molar-refractivity contribution in [2.45, 2.75) is 26.5 Å². The minimum atomic E-state index is 0.215. The fourth-order valence-electron chi connectivity index (χ4n) is 1.57. The average Bonchev–Trinajstić information content (AvgIpc) is 2.74. The maximum atomic E-state index is 5.60. The number of hydrogen-bond acceptors (Lipinski definition) is 3. The summed E-state index contributed by atoms with van der Waals surface area (Å²) in [6, 6.07) is 10.2. The van der Waals surface area contributed by atoms with Crippen LogP contribution in [0.15, 0.2) is 39.5 Å². The van der Waals surface area contributed by atoms with Gasteiger partial charge in [-0.05, 0) is 71.1 Å². The molecule has 0 atom stereocenters. The van der Waals surface area contributed by atoms with Crippen molar-refractivity contribution in [3.05, 3.63) is 45.1 Å². The summed E-state index contributed by atoms with van der Waals surface area (Å²) in [6.07, 6.45) is 0.215. The molecule has 1 aromatic heterocycles. The summed E-state index contributed by atoms with van der Waals surface area (Å²) in [5, 5.41) is 5.53. The van der Waals surface area contributed by atoms with E-state index < -0.39 is 0 Å². The molecule has 4 heteroatoms. The number of hydrogen-bond donors (Lipinski definition) is 1. The van der Waals surface area contributed by atoms with Crippen molar-refractivity contribution in [2.24, 2.45) is 0 Å². The monoisotopic (exact) mass is 325 g/mol. The van der Waals surface area contributed by atoms with Crippen LogP contribution in [0.5, 0.6) is 5.75 Å². The van der Waals surface area contributed by atoms with Crippen LogP contribution in [-0.4, -0.2) is 6.10 Å². The molecule has 1 heterocycles. The second kappa shape index (κ2) is 6.25. The van der Waals surface area contributed by atoms with Crippen LogP contribution in [0.2, 0.25) is 0 Å². The Morgan fingerprint density at radius 3 is 2.56 bits per heavy atom. The van der Waals surface area contributed by atoms with Crippen molar-refractivity contribution in [3.63, 3.8) is 0 Å². The van der Waals surface area contributed by atoms with Crippen LogP contribution < -0.4 is 10.1 Å². The second-order valence-corrected chi connectivity index (χ2v) is 6.59. The summed E-state index contributed by atoms with van der Waals surface area (Å²) in [6.45, 7) is 4.90. The van der Waals surface area contributed by atoms with E-state index >= 15 is 0 Å². The summed E-state index contributed by atoms with van der Waals surface area (Å²) >= 11 is 5.17. The van der Waals surface area contributed by atoms with E-state index in [9.17, 15) is 0 Å². The third-order valence-electron chi connectivity index (χ3n) is 2.34. The number of anilines is 1. The summed E-state index contributed by atoms with van der Waals surface area (Å²) in [5.74, 6) is 0.911. The van der Waals surface area contributed by atoms with Gasteiger partial charge in [0.1, 0.15) is 5.75 Å². The first kappa shape index (κ1) is 13.4. The van der Waals surface area contributed by atoms with E-state index in [1.165, 1.54) is 9.35 Å². The van der Waals surface area contributed by atoms with E-state index in [1.54, 1.807) is 11.3 Å². The molecule has 0 aliphatic heterocycles. The van der Waals surface area contributed by atoms with E-state index in [-0.39, 0.29) is 6.10 Å². The molecule has 0 radical (unpaired) electrons. The molecule has 1 aromatic carbocycles. The average molecular weight is 326 g/mol. The van der Waals surface area contributed by atoms with Gasteiger partial charge in [-0.2, -0.15) is 0 Å². The second-order valence-electron chi connectivity index (χ2n) is 4.30. The summed E-state index contributed by atoms with van der Waals surface area (Å²) in [7, 11) is 0. The minimum absolute atomic E-state index is 0.215. The lowest BCUT2D eigenvalue weighted by atomic mass is 10.2. The largest absolute Gasteiger partial charge is 0.491 e. The van der Waals surface area contributed by atoms with Crippen molar-refractivity contribution >= 4 is 33.0 Å². The number of benzene rings is 1. The van der Waals surface area contributed by atoms with Gasteiger partial charge >= 0.3 is 0 Å². The van der Waals surface area contributed by atoms with Crippen LogP contribution in [0.3, 0.4) is 0 Å². The molecule has 2 nitrogen and oxygen atoms in total. The molecular formula is C14H16BrNOS. The number of rotatable bonds is 5. The van der Waals surface area contributed by atoms with Crippen molar-refractivity contribution < 1.29 is 4.74 Å². The number of nitrogens with one attached hydrogen (secondary N) is 1. The van der Waals surface area contributed by atoms with Gasteiger partial charge < -0.3 is 10.1 Å². The molecule has 0 bridgehead atoms. The highest BCUT2D eigenvalue weighted by atomic mass is 79.9.